The molecule has 0 unspecified atom stereocenters. The molecule has 3 heteroatoms. The minimum Gasteiger partial charge on any atom is -0.379 e. The third kappa shape index (κ3) is 4.34. The Kier molecular flexibility index (Phi) is 5.60. The van der Waals surface area contributed by atoms with Gasteiger partial charge >= 0.3 is 0 Å². The van der Waals surface area contributed by atoms with Gasteiger partial charge in [-0.2, -0.15) is 0 Å². The van der Waals surface area contributed by atoms with E-state index in [0.717, 1.165) is 24.8 Å². The first kappa shape index (κ1) is 15.0. The Morgan fingerprint density at radius 1 is 1.25 bits per heavy atom. The van der Waals surface area contributed by atoms with Crippen LogP contribution in [0.25, 0.3) is 0 Å². The standard InChI is InChI=1S/C17H25NO2/c1-13(2)20-11-5-10-18-17(19)16-9-8-14-6-3-4-7-15(14)12-16/h8-9,12-13H,3-7,10-11H2,1-2H3,(H,18,19). The fourth-order valence-electron chi connectivity index (χ4n) is 2.57. The molecular weight excluding hydrogens is 250 g/mol. The second kappa shape index (κ2) is 7.44. The second-order valence-corrected chi connectivity index (χ2v) is 5.72. The Bertz CT molecular complexity index is 454. The number of hydrogen-bond acceptors (Lipinski definition) is 2. The molecule has 0 bridgehead atoms. The number of fused-ring (bicyclic) bond motifs is 1. The largest absolute Gasteiger partial charge is 0.379 e. The normalized spacial score (nSPS) is 14.2. The molecule has 110 valence electrons. The molecule has 0 atom stereocenters. The van der Waals surface area contributed by atoms with Gasteiger partial charge in [-0.1, -0.05) is 6.07 Å². The molecule has 1 N–H and O–H groups in total. The van der Waals surface area contributed by atoms with Crippen LogP contribution in [0.1, 0.15) is 54.6 Å². The zero-order chi connectivity index (χ0) is 14.4. The molecule has 0 aliphatic heterocycles. The van der Waals surface area contributed by atoms with E-state index >= 15 is 0 Å². The van der Waals surface area contributed by atoms with Crippen LogP contribution < -0.4 is 5.32 Å². The highest BCUT2D eigenvalue weighted by Gasteiger charge is 2.12. The molecule has 1 aliphatic carbocycles. The minimum atomic E-state index is 0.0305. The van der Waals surface area contributed by atoms with E-state index in [-0.39, 0.29) is 12.0 Å². The van der Waals surface area contributed by atoms with Crippen LogP contribution in [0.5, 0.6) is 0 Å². The maximum absolute atomic E-state index is 12.1. The Balaban J connectivity index is 1.80. The highest BCUT2D eigenvalue weighted by atomic mass is 16.5. The maximum atomic E-state index is 12.1. The zero-order valence-corrected chi connectivity index (χ0v) is 12.6. The Morgan fingerprint density at radius 3 is 2.75 bits per heavy atom. The van der Waals surface area contributed by atoms with Gasteiger partial charge in [0.15, 0.2) is 0 Å². The highest BCUT2D eigenvalue weighted by molar-refractivity contribution is 5.94. The van der Waals surface area contributed by atoms with E-state index in [2.05, 4.69) is 17.4 Å². The number of aryl methyl sites for hydroxylation is 2. The molecule has 20 heavy (non-hydrogen) atoms. The Labute approximate surface area is 121 Å². The quantitative estimate of drug-likeness (QED) is 0.810. The van der Waals surface area contributed by atoms with E-state index in [0.29, 0.717) is 13.2 Å². The van der Waals surface area contributed by atoms with Gasteiger partial charge in [0.1, 0.15) is 0 Å². The van der Waals surface area contributed by atoms with Crippen LogP contribution in [0.15, 0.2) is 18.2 Å². The Hall–Kier alpha value is -1.35. The number of amides is 1. The summed E-state index contributed by atoms with van der Waals surface area (Å²) in [6, 6.07) is 6.13. The first-order chi connectivity index (χ1) is 9.66. The number of carbonyl (C=O) groups is 1. The molecule has 1 aromatic rings. The van der Waals surface area contributed by atoms with Crippen molar-refractivity contribution in [2.75, 3.05) is 13.2 Å². The summed E-state index contributed by atoms with van der Waals surface area (Å²) in [5.41, 5.74) is 3.56. The van der Waals surface area contributed by atoms with Crippen molar-refractivity contribution < 1.29 is 9.53 Å². The van der Waals surface area contributed by atoms with Crippen LogP contribution in [0, 0.1) is 0 Å². The lowest BCUT2D eigenvalue weighted by Gasteiger charge is -2.16. The van der Waals surface area contributed by atoms with Gasteiger partial charge in [0.25, 0.3) is 5.91 Å². The average molecular weight is 275 g/mol. The smallest absolute Gasteiger partial charge is 0.251 e. The molecule has 2 rings (SSSR count). The predicted molar refractivity (Wildman–Crippen MR) is 81.1 cm³/mol. The number of carbonyl (C=O) groups excluding carboxylic acids is 1. The molecule has 0 spiro atoms. The van der Waals surface area contributed by atoms with Gasteiger partial charge < -0.3 is 10.1 Å². The third-order valence-corrected chi connectivity index (χ3v) is 3.67. The zero-order valence-electron chi connectivity index (χ0n) is 12.6. The van der Waals surface area contributed by atoms with Gasteiger partial charge in [0.2, 0.25) is 0 Å². The number of ether oxygens (including phenoxy) is 1. The van der Waals surface area contributed by atoms with Crippen LogP contribution in [0.3, 0.4) is 0 Å². The van der Waals surface area contributed by atoms with Crippen molar-refractivity contribution in [2.24, 2.45) is 0 Å². The summed E-state index contributed by atoms with van der Waals surface area (Å²) >= 11 is 0. The fraction of sp³-hybridized carbons (Fsp3) is 0.588. The summed E-state index contributed by atoms with van der Waals surface area (Å²) in [7, 11) is 0. The molecule has 1 aliphatic rings. The van der Waals surface area contributed by atoms with Crippen LogP contribution in [0.2, 0.25) is 0 Å². The van der Waals surface area contributed by atoms with Gasteiger partial charge in [0, 0.05) is 18.7 Å². The molecule has 0 aromatic heterocycles. The predicted octanol–water partition coefficient (Wildman–Crippen LogP) is 3.11. The number of nitrogens with one attached hydrogen (secondary N) is 1. The van der Waals surface area contributed by atoms with E-state index in [4.69, 9.17) is 4.74 Å². The topological polar surface area (TPSA) is 38.3 Å². The van der Waals surface area contributed by atoms with Crippen molar-refractivity contribution in [1.82, 2.24) is 5.32 Å². The van der Waals surface area contributed by atoms with Crippen LogP contribution in [-0.4, -0.2) is 25.2 Å². The van der Waals surface area contributed by atoms with Crippen LogP contribution >= 0.6 is 0 Å². The van der Waals surface area contributed by atoms with Gasteiger partial charge in [-0.3, -0.25) is 4.79 Å². The number of benzene rings is 1. The van der Waals surface area contributed by atoms with Gasteiger partial charge in [-0.05, 0) is 69.2 Å². The second-order valence-electron chi connectivity index (χ2n) is 5.72. The van der Waals surface area contributed by atoms with Crippen LogP contribution in [-0.2, 0) is 17.6 Å². The van der Waals surface area contributed by atoms with Crippen molar-refractivity contribution in [3.05, 3.63) is 34.9 Å². The molecular formula is C17H25NO2. The van der Waals surface area contributed by atoms with E-state index in [1.807, 2.05) is 19.9 Å². The molecule has 0 saturated heterocycles. The number of rotatable bonds is 6. The summed E-state index contributed by atoms with van der Waals surface area (Å²) in [5, 5.41) is 2.96. The van der Waals surface area contributed by atoms with Crippen LogP contribution in [0.4, 0.5) is 0 Å². The summed E-state index contributed by atoms with van der Waals surface area (Å²) in [6.07, 6.45) is 5.89. The summed E-state index contributed by atoms with van der Waals surface area (Å²) in [6.45, 7) is 5.40. The van der Waals surface area contributed by atoms with E-state index < -0.39 is 0 Å². The number of hydrogen-bond donors (Lipinski definition) is 1. The molecule has 0 heterocycles. The SMILES string of the molecule is CC(C)OCCCNC(=O)c1ccc2c(c1)CCCC2. The van der Waals surface area contributed by atoms with Crippen molar-refractivity contribution in [3.63, 3.8) is 0 Å². The molecule has 0 fully saturated rings. The lowest BCUT2D eigenvalue weighted by Crippen LogP contribution is -2.25. The summed E-state index contributed by atoms with van der Waals surface area (Å²) in [4.78, 5) is 12.1. The van der Waals surface area contributed by atoms with Crippen molar-refractivity contribution in [3.8, 4) is 0 Å². The molecule has 1 amide bonds. The van der Waals surface area contributed by atoms with E-state index in [9.17, 15) is 4.79 Å². The van der Waals surface area contributed by atoms with E-state index in [1.54, 1.807) is 0 Å². The van der Waals surface area contributed by atoms with Gasteiger partial charge in [0.05, 0.1) is 6.10 Å². The maximum Gasteiger partial charge on any atom is 0.251 e. The first-order valence-corrected chi connectivity index (χ1v) is 7.68. The van der Waals surface area contributed by atoms with Crippen molar-refractivity contribution >= 4 is 5.91 Å². The van der Waals surface area contributed by atoms with Gasteiger partial charge in [-0.25, -0.2) is 0 Å². The molecule has 1 aromatic carbocycles. The molecule has 3 nitrogen and oxygen atoms in total. The highest BCUT2D eigenvalue weighted by Crippen LogP contribution is 2.22. The summed E-state index contributed by atoms with van der Waals surface area (Å²) < 4.78 is 5.45. The summed E-state index contributed by atoms with van der Waals surface area (Å²) in [5.74, 6) is 0.0305. The lowest BCUT2D eigenvalue weighted by molar-refractivity contribution is 0.0757. The monoisotopic (exact) mass is 275 g/mol. The third-order valence-electron chi connectivity index (χ3n) is 3.67. The fourth-order valence-corrected chi connectivity index (χ4v) is 2.57. The van der Waals surface area contributed by atoms with E-state index in [1.165, 1.54) is 24.0 Å². The lowest BCUT2D eigenvalue weighted by atomic mass is 9.90. The first-order valence-electron chi connectivity index (χ1n) is 7.68. The molecule has 0 saturated carbocycles. The minimum absolute atomic E-state index is 0.0305. The van der Waals surface area contributed by atoms with Crippen molar-refractivity contribution in [2.45, 2.75) is 52.1 Å². The average Bonchev–Trinajstić information content (AvgIpc) is 2.46. The molecule has 0 radical (unpaired) electrons. The Morgan fingerprint density at radius 2 is 2.00 bits per heavy atom. The van der Waals surface area contributed by atoms with Crippen molar-refractivity contribution in [1.29, 1.82) is 0 Å². The van der Waals surface area contributed by atoms with Gasteiger partial charge in [-0.15, -0.1) is 0 Å².